The van der Waals surface area contributed by atoms with E-state index in [0.717, 1.165) is 29.4 Å². The lowest BCUT2D eigenvalue weighted by Crippen LogP contribution is -2.52. The molecule has 2 heterocycles. The normalized spacial score (nSPS) is 14.7. The monoisotopic (exact) mass is 337 g/mol. The number of aryl methyl sites for hydroxylation is 2. The van der Waals surface area contributed by atoms with Crippen molar-refractivity contribution in [1.29, 1.82) is 0 Å². The molecule has 1 amide bonds. The summed E-state index contributed by atoms with van der Waals surface area (Å²) >= 11 is 1.70. The van der Waals surface area contributed by atoms with E-state index in [1.807, 2.05) is 31.2 Å². The maximum absolute atomic E-state index is 12.3. The number of benzene rings is 2. The first-order valence-electron chi connectivity index (χ1n) is 8.08. The van der Waals surface area contributed by atoms with Gasteiger partial charge in [-0.15, -0.1) is 0 Å². The molecule has 4 rings (SSSR count). The molecule has 1 saturated heterocycles. The highest BCUT2D eigenvalue weighted by Gasteiger charge is 2.34. The number of fused-ring (bicyclic) bond motifs is 1. The second-order valence-electron chi connectivity index (χ2n) is 6.42. The molecule has 4 nitrogen and oxygen atoms in total. The third-order valence-electron chi connectivity index (χ3n) is 4.37. The molecule has 1 aliphatic rings. The zero-order chi connectivity index (χ0) is 16.7. The van der Waals surface area contributed by atoms with Crippen molar-refractivity contribution in [2.45, 2.75) is 13.8 Å². The number of aromatic nitrogens is 1. The molecular formula is C19H19N3OS. The maximum Gasteiger partial charge on any atom is 0.231 e. The lowest BCUT2D eigenvalue weighted by atomic mass is 10.00. The smallest absolute Gasteiger partial charge is 0.231 e. The van der Waals surface area contributed by atoms with E-state index in [1.54, 1.807) is 11.3 Å². The molecule has 0 saturated carbocycles. The van der Waals surface area contributed by atoms with Gasteiger partial charge < -0.3 is 10.2 Å². The van der Waals surface area contributed by atoms with Crippen molar-refractivity contribution in [3.63, 3.8) is 0 Å². The van der Waals surface area contributed by atoms with Gasteiger partial charge in [0.25, 0.3) is 0 Å². The first kappa shape index (κ1) is 15.1. The van der Waals surface area contributed by atoms with Gasteiger partial charge in [0.2, 0.25) is 5.91 Å². The zero-order valence-electron chi connectivity index (χ0n) is 13.7. The Bertz CT molecular complexity index is 895. The Morgan fingerprint density at radius 1 is 1.12 bits per heavy atom. The molecule has 0 aliphatic carbocycles. The van der Waals surface area contributed by atoms with Gasteiger partial charge in [0.15, 0.2) is 5.13 Å². The van der Waals surface area contributed by atoms with Crippen molar-refractivity contribution < 1.29 is 4.79 Å². The van der Waals surface area contributed by atoms with Gasteiger partial charge in [-0.1, -0.05) is 35.1 Å². The molecule has 1 fully saturated rings. The van der Waals surface area contributed by atoms with Gasteiger partial charge in [0.05, 0.1) is 16.1 Å². The van der Waals surface area contributed by atoms with Crippen LogP contribution in [0.1, 0.15) is 11.1 Å². The number of nitrogens with zero attached hydrogens (tertiary/aromatic N) is 2. The van der Waals surface area contributed by atoms with E-state index >= 15 is 0 Å². The van der Waals surface area contributed by atoms with E-state index in [2.05, 4.69) is 40.3 Å². The van der Waals surface area contributed by atoms with E-state index in [4.69, 9.17) is 0 Å². The number of nitrogens with one attached hydrogen (secondary N) is 1. The average molecular weight is 337 g/mol. The summed E-state index contributed by atoms with van der Waals surface area (Å²) < 4.78 is 1.21. The van der Waals surface area contributed by atoms with Crippen molar-refractivity contribution in [1.82, 2.24) is 4.98 Å². The quantitative estimate of drug-likeness (QED) is 0.786. The van der Waals surface area contributed by atoms with Crippen LogP contribution in [0.3, 0.4) is 0 Å². The Kier molecular flexibility index (Phi) is 3.73. The molecule has 122 valence electrons. The minimum absolute atomic E-state index is 0.0278. The Balaban J connectivity index is 1.39. The fourth-order valence-corrected chi connectivity index (χ4v) is 3.92. The van der Waals surface area contributed by atoms with Crippen molar-refractivity contribution in [3.05, 3.63) is 53.6 Å². The van der Waals surface area contributed by atoms with Gasteiger partial charge in [0, 0.05) is 18.8 Å². The molecular weight excluding hydrogens is 318 g/mol. The number of amides is 1. The summed E-state index contributed by atoms with van der Waals surface area (Å²) in [6.07, 6.45) is 0. The van der Waals surface area contributed by atoms with Crippen LogP contribution in [0.2, 0.25) is 0 Å². The van der Waals surface area contributed by atoms with Gasteiger partial charge in [-0.2, -0.15) is 0 Å². The Morgan fingerprint density at radius 3 is 2.58 bits per heavy atom. The van der Waals surface area contributed by atoms with Crippen molar-refractivity contribution in [3.8, 4) is 0 Å². The van der Waals surface area contributed by atoms with Crippen molar-refractivity contribution >= 4 is 38.3 Å². The predicted octanol–water partition coefficient (Wildman–Crippen LogP) is 3.99. The summed E-state index contributed by atoms with van der Waals surface area (Å²) in [5, 5.41) is 4.00. The zero-order valence-corrected chi connectivity index (χ0v) is 14.6. The minimum atomic E-state index is 0.0278. The van der Waals surface area contributed by atoms with Gasteiger partial charge in [-0.25, -0.2) is 4.98 Å². The van der Waals surface area contributed by atoms with Crippen LogP contribution in [0.5, 0.6) is 0 Å². The fraction of sp³-hybridized carbons (Fsp3) is 0.263. The molecule has 0 unspecified atom stereocenters. The second kappa shape index (κ2) is 5.91. The van der Waals surface area contributed by atoms with Crippen LogP contribution in [0, 0.1) is 19.8 Å². The lowest BCUT2D eigenvalue weighted by molar-refractivity contribution is -0.120. The molecule has 1 aromatic heterocycles. The van der Waals surface area contributed by atoms with Crippen molar-refractivity contribution in [2.75, 3.05) is 23.3 Å². The van der Waals surface area contributed by atoms with Crippen LogP contribution < -0.4 is 10.2 Å². The second-order valence-corrected chi connectivity index (χ2v) is 7.43. The Hall–Kier alpha value is -2.40. The summed E-state index contributed by atoms with van der Waals surface area (Å²) in [6, 6.07) is 14.2. The van der Waals surface area contributed by atoms with Crippen LogP contribution in [0.4, 0.5) is 10.8 Å². The summed E-state index contributed by atoms with van der Waals surface area (Å²) in [5.41, 5.74) is 4.33. The van der Waals surface area contributed by atoms with Gasteiger partial charge in [-0.3, -0.25) is 4.79 Å². The molecule has 3 aromatic rings. The SMILES string of the molecule is Cc1ccc(NC(=O)C2CN(c3nc4ccc(C)cc4s3)C2)cc1. The van der Waals surface area contributed by atoms with E-state index in [-0.39, 0.29) is 11.8 Å². The molecule has 0 radical (unpaired) electrons. The number of rotatable bonds is 3. The van der Waals surface area contributed by atoms with Crippen LogP contribution in [-0.2, 0) is 4.79 Å². The highest BCUT2D eigenvalue weighted by Crippen LogP contribution is 2.33. The molecule has 1 aliphatic heterocycles. The van der Waals surface area contributed by atoms with Gasteiger partial charge in [-0.05, 0) is 43.7 Å². The van der Waals surface area contributed by atoms with Crippen molar-refractivity contribution in [2.24, 2.45) is 5.92 Å². The third kappa shape index (κ3) is 2.87. The predicted molar refractivity (Wildman–Crippen MR) is 99.9 cm³/mol. The first-order valence-corrected chi connectivity index (χ1v) is 8.90. The molecule has 1 N–H and O–H groups in total. The third-order valence-corrected chi connectivity index (χ3v) is 5.45. The van der Waals surface area contributed by atoms with Gasteiger partial charge in [0.1, 0.15) is 0 Å². The molecule has 0 bridgehead atoms. The number of carbonyl (C=O) groups excluding carboxylic acids is 1. The molecule has 24 heavy (non-hydrogen) atoms. The topological polar surface area (TPSA) is 45.2 Å². The van der Waals surface area contributed by atoms with E-state index in [9.17, 15) is 4.79 Å². The van der Waals surface area contributed by atoms with E-state index < -0.39 is 0 Å². The Morgan fingerprint density at radius 2 is 1.83 bits per heavy atom. The average Bonchev–Trinajstić information content (AvgIpc) is 2.90. The number of carbonyl (C=O) groups is 1. The largest absolute Gasteiger partial charge is 0.346 e. The lowest BCUT2D eigenvalue weighted by Gasteiger charge is -2.37. The van der Waals surface area contributed by atoms with Crippen LogP contribution >= 0.6 is 11.3 Å². The van der Waals surface area contributed by atoms with E-state index in [1.165, 1.54) is 15.8 Å². The Labute approximate surface area is 145 Å². The summed E-state index contributed by atoms with van der Waals surface area (Å²) in [5.74, 6) is 0.118. The standard InChI is InChI=1S/C19H19N3OS/c1-12-3-6-15(7-4-12)20-18(23)14-10-22(11-14)19-21-16-8-5-13(2)9-17(16)24-19/h3-9,14H,10-11H2,1-2H3,(H,20,23). The molecule has 2 aromatic carbocycles. The maximum atomic E-state index is 12.3. The summed E-state index contributed by atoms with van der Waals surface area (Å²) in [7, 11) is 0. The number of anilines is 2. The van der Waals surface area contributed by atoms with Gasteiger partial charge >= 0.3 is 0 Å². The molecule has 5 heteroatoms. The van der Waals surface area contributed by atoms with Crippen LogP contribution in [0.15, 0.2) is 42.5 Å². The highest BCUT2D eigenvalue weighted by molar-refractivity contribution is 7.22. The van der Waals surface area contributed by atoms with Crippen LogP contribution in [0.25, 0.3) is 10.2 Å². The molecule has 0 atom stereocenters. The minimum Gasteiger partial charge on any atom is -0.346 e. The number of hydrogen-bond donors (Lipinski definition) is 1. The van der Waals surface area contributed by atoms with E-state index in [0.29, 0.717) is 0 Å². The molecule has 0 spiro atoms. The summed E-state index contributed by atoms with van der Waals surface area (Å²) in [4.78, 5) is 19.2. The van der Waals surface area contributed by atoms with Crippen LogP contribution in [-0.4, -0.2) is 24.0 Å². The highest BCUT2D eigenvalue weighted by atomic mass is 32.1. The fourth-order valence-electron chi connectivity index (χ4n) is 2.84. The first-order chi connectivity index (χ1) is 11.6. The number of thiazole rings is 1. The summed E-state index contributed by atoms with van der Waals surface area (Å²) in [6.45, 7) is 5.59. The number of hydrogen-bond acceptors (Lipinski definition) is 4.